The Balaban J connectivity index is 2.19. The molecule has 0 aliphatic heterocycles. The number of aryl methyl sites for hydroxylation is 1. The van der Waals surface area contributed by atoms with Crippen LogP contribution >= 0.6 is 46.4 Å². The first-order valence-corrected chi connectivity index (χ1v) is 6.98. The number of pyridine rings is 1. The zero-order valence-corrected chi connectivity index (χ0v) is 13.0. The zero-order chi connectivity index (χ0) is 14.0. The van der Waals surface area contributed by atoms with Gasteiger partial charge in [-0.05, 0) is 30.7 Å². The molecule has 0 aliphatic rings. The van der Waals surface area contributed by atoms with E-state index < -0.39 is 0 Å². The number of nitrogens with one attached hydrogen (secondary N) is 1. The molecule has 1 heterocycles. The van der Waals surface area contributed by atoms with E-state index in [9.17, 15) is 0 Å². The van der Waals surface area contributed by atoms with Gasteiger partial charge in [0.15, 0.2) is 0 Å². The Kier molecular flexibility index (Phi) is 4.80. The van der Waals surface area contributed by atoms with Crippen LogP contribution in [0.2, 0.25) is 20.2 Å². The number of benzene rings is 1. The number of hydrogen-bond donors (Lipinski definition) is 1. The molecule has 0 fully saturated rings. The molecule has 0 amide bonds. The van der Waals surface area contributed by atoms with Gasteiger partial charge in [-0.15, -0.1) is 0 Å². The van der Waals surface area contributed by atoms with E-state index in [1.54, 1.807) is 18.3 Å². The highest BCUT2D eigenvalue weighted by Crippen LogP contribution is 2.32. The summed E-state index contributed by atoms with van der Waals surface area (Å²) in [6.07, 6.45) is 1.65. The number of rotatable bonds is 3. The van der Waals surface area contributed by atoms with Crippen molar-refractivity contribution in [2.45, 2.75) is 13.5 Å². The summed E-state index contributed by atoms with van der Waals surface area (Å²) in [5, 5.41) is 5.19. The molecule has 2 aromatic rings. The van der Waals surface area contributed by atoms with Gasteiger partial charge in [-0.1, -0.05) is 46.4 Å². The van der Waals surface area contributed by atoms with E-state index in [4.69, 9.17) is 46.4 Å². The Morgan fingerprint density at radius 3 is 2.47 bits per heavy atom. The summed E-state index contributed by atoms with van der Waals surface area (Å²) < 4.78 is 0. The maximum absolute atomic E-state index is 6.13. The van der Waals surface area contributed by atoms with Crippen LogP contribution in [0.3, 0.4) is 0 Å². The Labute approximate surface area is 131 Å². The molecule has 100 valence electrons. The van der Waals surface area contributed by atoms with E-state index >= 15 is 0 Å². The summed E-state index contributed by atoms with van der Waals surface area (Å²) in [4.78, 5) is 4.06. The van der Waals surface area contributed by atoms with Crippen LogP contribution in [0.25, 0.3) is 0 Å². The van der Waals surface area contributed by atoms with Crippen LogP contribution in [0.4, 0.5) is 5.69 Å². The van der Waals surface area contributed by atoms with Gasteiger partial charge in [-0.25, -0.2) is 4.98 Å². The van der Waals surface area contributed by atoms with Gasteiger partial charge in [-0.3, -0.25) is 0 Å². The fraction of sp³-hybridized carbons (Fsp3) is 0.154. The molecular formula is C13H10Cl4N2. The van der Waals surface area contributed by atoms with Crippen LogP contribution in [-0.4, -0.2) is 4.98 Å². The average molecular weight is 336 g/mol. The first kappa shape index (κ1) is 14.7. The van der Waals surface area contributed by atoms with Gasteiger partial charge in [0.05, 0.1) is 21.9 Å². The van der Waals surface area contributed by atoms with Crippen LogP contribution in [0.5, 0.6) is 0 Å². The second-order valence-corrected chi connectivity index (χ2v) is 5.56. The molecule has 0 saturated heterocycles. The van der Waals surface area contributed by atoms with Crippen LogP contribution in [0, 0.1) is 6.92 Å². The maximum atomic E-state index is 6.13. The Bertz CT molecular complexity index is 614. The lowest BCUT2D eigenvalue weighted by molar-refractivity contribution is 1.13. The van der Waals surface area contributed by atoms with Crippen LogP contribution < -0.4 is 5.32 Å². The molecule has 6 heteroatoms. The molecular weight excluding hydrogens is 326 g/mol. The molecule has 0 atom stereocenters. The van der Waals surface area contributed by atoms with Crippen molar-refractivity contribution in [2.75, 3.05) is 5.32 Å². The van der Waals surface area contributed by atoms with Crippen molar-refractivity contribution in [3.8, 4) is 0 Å². The van der Waals surface area contributed by atoms with Crippen LogP contribution in [-0.2, 0) is 6.54 Å². The Morgan fingerprint density at radius 1 is 1.11 bits per heavy atom. The number of aromatic nitrogens is 1. The average Bonchev–Trinajstić information content (AvgIpc) is 2.38. The molecule has 0 unspecified atom stereocenters. The normalized spacial score (nSPS) is 10.6. The van der Waals surface area contributed by atoms with Crippen molar-refractivity contribution in [3.05, 3.63) is 55.7 Å². The lowest BCUT2D eigenvalue weighted by atomic mass is 10.2. The van der Waals surface area contributed by atoms with E-state index in [2.05, 4.69) is 10.3 Å². The zero-order valence-electron chi connectivity index (χ0n) is 9.98. The maximum Gasteiger partial charge on any atom is 0.132 e. The lowest BCUT2D eigenvalue weighted by Crippen LogP contribution is -2.02. The van der Waals surface area contributed by atoms with Gasteiger partial charge in [0.1, 0.15) is 5.15 Å². The summed E-state index contributed by atoms with van der Waals surface area (Å²) in [6, 6.07) is 5.30. The molecule has 0 bridgehead atoms. The molecule has 2 nitrogen and oxygen atoms in total. The first-order valence-electron chi connectivity index (χ1n) is 5.47. The number of hydrogen-bond acceptors (Lipinski definition) is 2. The van der Waals surface area contributed by atoms with Crippen molar-refractivity contribution in [1.82, 2.24) is 4.98 Å². The summed E-state index contributed by atoms with van der Waals surface area (Å²) in [7, 11) is 0. The minimum atomic E-state index is 0.459. The summed E-state index contributed by atoms with van der Waals surface area (Å²) in [5.74, 6) is 0. The van der Waals surface area contributed by atoms with Gasteiger partial charge < -0.3 is 5.32 Å². The van der Waals surface area contributed by atoms with Crippen molar-refractivity contribution in [3.63, 3.8) is 0 Å². The molecule has 1 aromatic carbocycles. The van der Waals surface area contributed by atoms with Gasteiger partial charge >= 0.3 is 0 Å². The molecule has 0 saturated carbocycles. The monoisotopic (exact) mass is 334 g/mol. The third-order valence-corrected chi connectivity index (χ3v) is 4.22. The van der Waals surface area contributed by atoms with E-state index in [0.29, 0.717) is 26.8 Å². The lowest BCUT2D eigenvalue weighted by Gasteiger charge is -2.11. The van der Waals surface area contributed by atoms with Gasteiger partial charge in [0.2, 0.25) is 0 Å². The molecule has 0 aliphatic carbocycles. The quantitative estimate of drug-likeness (QED) is 0.582. The van der Waals surface area contributed by atoms with Gasteiger partial charge in [0.25, 0.3) is 0 Å². The highest BCUT2D eigenvalue weighted by Gasteiger charge is 2.09. The summed E-state index contributed by atoms with van der Waals surface area (Å²) in [6.45, 7) is 2.35. The molecule has 0 radical (unpaired) electrons. The van der Waals surface area contributed by atoms with Crippen molar-refractivity contribution in [2.24, 2.45) is 0 Å². The molecule has 0 spiro atoms. The smallest absolute Gasteiger partial charge is 0.132 e. The number of nitrogens with zero attached hydrogens (tertiary/aromatic N) is 1. The fourth-order valence-electron chi connectivity index (χ4n) is 1.58. The minimum Gasteiger partial charge on any atom is -0.380 e. The first-order chi connectivity index (χ1) is 8.99. The van der Waals surface area contributed by atoms with Crippen molar-refractivity contribution in [1.29, 1.82) is 0 Å². The van der Waals surface area contributed by atoms with Crippen LogP contribution in [0.15, 0.2) is 24.4 Å². The number of anilines is 1. The fourth-order valence-corrected chi connectivity index (χ4v) is 2.36. The molecule has 1 aromatic heterocycles. The highest BCUT2D eigenvalue weighted by atomic mass is 35.5. The van der Waals surface area contributed by atoms with Crippen molar-refractivity contribution >= 4 is 52.1 Å². The topological polar surface area (TPSA) is 24.9 Å². The number of halogens is 4. The highest BCUT2D eigenvalue weighted by molar-refractivity contribution is 6.44. The second-order valence-electron chi connectivity index (χ2n) is 4.01. The predicted molar refractivity (Wildman–Crippen MR) is 82.8 cm³/mol. The van der Waals surface area contributed by atoms with E-state index in [1.165, 1.54) is 0 Å². The third-order valence-electron chi connectivity index (χ3n) is 2.62. The summed E-state index contributed by atoms with van der Waals surface area (Å²) in [5.41, 5.74) is 2.49. The van der Waals surface area contributed by atoms with Crippen LogP contribution in [0.1, 0.15) is 11.1 Å². The van der Waals surface area contributed by atoms with Gasteiger partial charge in [-0.2, -0.15) is 0 Å². The van der Waals surface area contributed by atoms with Gasteiger partial charge in [0, 0.05) is 17.1 Å². The van der Waals surface area contributed by atoms with Crippen molar-refractivity contribution < 1.29 is 0 Å². The second kappa shape index (κ2) is 6.19. The SMILES string of the molecule is Cc1cc(NCc2c(Cl)ccc(Cl)c2Cl)cnc1Cl. The standard InChI is InChI=1S/C13H10Cl4N2/c1-7-4-8(5-19-13(7)17)18-6-9-10(14)2-3-11(15)12(9)16/h2-5,18H,6H2,1H3. The molecule has 1 N–H and O–H groups in total. The summed E-state index contributed by atoms with van der Waals surface area (Å²) >= 11 is 24.1. The minimum absolute atomic E-state index is 0.459. The molecule has 19 heavy (non-hydrogen) atoms. The molecule has 2 rings (SSSR count). The predicted octanol–water partition coefficient (Wildman–Crippen LogP) is 5.62. The van der Waals surface area contributed by atoms with E-state index in [0.717, 1.165) is 16.8 Å². The Hall–Kier alpha value is -0.670. The van der Waals surface area contributed by atoms with E-state index in [1.807, 2.05) is 13.0 Å². The third kappa shape index (κ3) is 3.46. The van der Waals surface area contributed by atoms with E-state index in [-0.39, 0.29) is 0 Å². The largest absolute Gasteiger partial charge is 0.380 e. The Morgan fingerprint density at radius 2 is 1.79 bits per heavy atom.